The van der Waals surface area contributed by atoms with Crippen LogP contribution >= 0.6 is 28.1 Å². The van der Waals surface area contributed by atoms with Crippen molar-refractivity contribution in [1.82, 2.24) is 9.88 Å². The molecule has 1 aliphatic heterocycles. The predicted octanol–water partition coefficient (Wildman–Crippen LogP) is 7.41. The number of para-hydroxylation sites is 2. The Kier molecular flexibility index (Phi) is 7.56. The van der Waals surface area contributed by atoms with Crippen LogP contribution in [-0.2, 0) is 9.59 Å². The SMILES string of the molecule is COc1ccccc1N1C(=O)/C(=C\c2cc(-c3ccccc3)n(-c3ccc(Br)cc3)c2-c2ccccc2)C(=O)NC1=S. The molecule has 0 atom stereocenters. The van der Waals surface area contributed by atoms with Gasteiger partial charge in [-0.25, -0.2) is 4.90 Å². The Labute approximate surface area is 257 Å². The summed E-state index contributed by atoms with van der Waals surface area (Å²) in [5, 5.41) is 2.68. The number of benzene rings is 4. The third kappa shape index (κ3) is 5.06. The maximum atomic E-state index is 14.0. The summed E-state index contributed by atoms with van der Waals surface area (Å²) in [6, 6.07) is 37.0. The van der Waals surface area contributed by atoms with Gasteiger partial charge in [-0.15, -0.1) is 0 Å². The van der Waals surface area contributed by atoms with Crippen LogP contribution in [0.3, 0.4) is 0 Å². The number of hydrogen-bond acceptors (Lipinski definition) is 4. The molecule has 0 unspecified atom stereocenters. The third-order valence-corrected chi connectivity index (χ3v) is 7.77. The molecule has 4 aromatic carbocycles. The third-order valence-electron chi connectivity index (χ3n) is 6.96. The highest BCUT2D eigenvalue weighted by Crippen LogP contribution is 2.38. The molecule has 0 saturated carbocycles. The average Bonchev–Trinajstić information content (AvgIpc) is 3.40. The molecule has 0 aliphatic carbocycles. The zero-order chi connectivity index (χ0) is 29.2. The summed E-state index contributed by atoms with van der Waals surface area (Å²) in [7, 11) is 1.52. The van der Waals surface area contributed by atoms with Gasteiger partial charge in [-0.2, -0.15) is 0 Å². The maximum Gasteiger partial charge on any atom is 0.270 e. The number of anilines is 1. The van der Waals surface area contributed by atoms with E-state index in [9.17, 15) is 9.59 Å². The molecule has 0 radical (unpaired) electrons. The van der Waals surface area contributed by atoms with Gasteiger partial charge in [0.15, 0.2) is 5.11 Å². The van der Waals surface area contributed by atoms with Crippen LogP contribution < -0.4 is 15.0 Å². The molecule has 1 aliphatic rings. The summed E-state index contributed by atoms with van der Waals surface area (Å²) in [6.07, 6.45) is 1.64. The van der Waals surface area contributed by atoms with Crippen LogP contribution in [0.4, 0.5) is 5.69 Å². The average molecular weight is 635 g/mol. The highest BCUT2D eigenvalue weighted by molar-refractivity contribution is 9.10. The van der Waals surface area contributed by atoms with E-state index in [1.807, 2.05) is 91.0 Å². The zero-order valence-electron chi connectivity index (χ0n) is 22.5. The van der Waals surface area contributed by atoms with E-state index in [0.29, 0.717) is 17.0 Å². The molecule has 1 saturated heterocycles. The largest absolute Gasteiger partial charge is 0.495 e. The lowest BCUT2D eigenvalue weighted by atomic mass is 10.0. The summed E-state index contributed by atoms with van der Waals surface area (Å²) >= 11 is 8.98. The summed E-state index contributed by atoms with van der Waals surface area (Å²) in [6.45, 7) is 0. The van der Waals surface area contributed by atoms with Crippen LogP contribution in [0.1, 0.15) is 5.56 Å². The fourth-order valence-electron chi connectivity index (χ4n) is 5.06. The fraction of sp³-hybridized carbons (Fsp3) is 0.0294. The van der Waals surface area contributed by atoms with Crippen LogP contribution in [0.2, 0.25) is 0 Å². The monoisotopic (exact) mass is 633 g/mol. The first-order chi connectivity index (χ1) is 20.5. The van der Waals surface area contributed by atoms with Gasteiger partial charge in [0, 0.05) is 15.7 Å². The van der Waals surface area contributed by atoms with E-state index in [-0.39, 0.29) is 10.7 Å². The van der Waals surface area contributed by atoms with Crippen molar-refractivity contribution in [3.63, 3.8) is 0 Å². The van der Waals surface area contributed by atoms with Crippen LogP contribution in [-0.4, -0.2) is 28.6 Å². The normalized spacial score (nSPS) is 14.3. The van der Waals surface area contributed by atoms with E-state index in [2.05, 4.69) is 25.8 Å². The molecule has 6 rings (SSSR count). The molecule has 42 heavy (non-hydrogen) atoms. The van der Waals surface area contributed by atoms with Crippen molar-refractivity contribution in [3.05, 3.63) is 131 Å². The number of nitrogens with zero attached hydrogens (tertiary/aromatic N) is 2. The van der Waals surface area contributed by atoms with Crippen LogP contribution in [0.15, 0.2) is 125 Å². The van der Waals surface area contributed by atoms with Crippen molar-refractivity contribution in [2.75, 3.05) is 12.0 Å². The highest BCUT2D eigenvalue weighted by atomic mass is 79.9. The van der Waals surface area contributed by atoms with Crippen molar-refractivity contribution in [2.24, 2.45) is 0 Å². The van der Waals surface area contributed by atoms with E-state index in [1.54, 1.807) is 30.3 Å². The van der Waals surface area contributed by atoms with E-state index < -0.39 is 11.8 Å². The Morgan fingerprint density at radius 1 is 0.810 bits per heavy atom. The molecule has 1 N–H and O–H groups in total. The topological polar surface area (TPSA) is 63.6 Å². The number of amides is 2. The highest BCUT2D eigenvalue weighted by Gasteiger charge is 2.36. The molecule has 2 heterocycles. The van der Waals surface area contributed by atoms with Gasteiger partial charge in [-0.05, 0) is 71.9 Å². The molecule has 1 aromatic heterocycles. The molecular weight excluding hydrogens is 610 g/mol. The van der Waals surface area contributed by atoms with Gasteiger partial charge >= 0.3 is 0 Å². The lowest BCUT2D eigenvalue weighted by Gasteiger charge is -2.29. The van der Waals surface area contributed by atoms with Crippen molar-refractivity contribution >= 4 is 56.8 Å². The summed E-state index contributed by atoms with van der Waals surface area (Å²) in [5.41, 5.74) is 5.69. The second kappa shape index (κ2) is 11.6. The number of hydrogen-bond donors (Lipinski definition) is 1. The number of halogens is 1. The van der Waals surface area contributed by atoms with Gasteiger partial charge in [0.1, 0.15) is 11.3 Å². The van der Waals surface area contributed by atoms with Crippen LogP contribution in [0.5, 0.6) is 5.75 Å². The van der Waals surface area contributed by atoms with Gasteiger partial charge < -0.3 is 9.30 Å². The molecule has 0 bridgehead atoms. The quantitative estimate of drug-likeness (QED) is 0.120. The molecule has 206 valence electrons. The Balaban J connectivity index is 1.60. The van der Waals surface area contributed by atoms with Gasteiger partial charge in [0.2, 0.25) is 0 Å². The number of methoxy groups -OCH3 is 1. The number of rotatable bonds is 6. The maximum absolute atomic E-state index is 14.0. The number of nitrogens with one attached hydrogen (secondary N) is 1. The molecule has 2 amide bonds. The molecule has 0 spiro atoms. The Morgan fingerprint density at radius 3 is 2.10 bits per heavy atom. The first-order valence-electron chi connectivity index (χ1n) is 13.1. The number of carbonyl (C=O) groups is 2. The van der Waals surface area contributed by atoms with Gasteiger partial charge in [-0.3, -0.25) is 14.9 Å². The summed E-state index contributed by atoms with van der Waals surface area (Å²) in [4.78, 5) is 28.6. The van der Waals surface area contributed by atoms with Gasteiger partial charge in [-0.1, -0.05) is 88.7 Å². The standard InChI is InChI=1S/C34H24BrN3O3S/c1-41-30-15-9-8-14-28(30)38-33(40)27(32(39)36-34(38)42)20-24-21-29(22-10-4-2-5-11-22)37(26-18-16-25(35)17-19-26)31(24)23-12-6-3-7-13-23/h2-21H,1H3,(H,36,39,42)/b27-20-. The number of ether oxygens (including phenoxy) is 1. The first kappa shape index (κ1) is 27.4. The molecule has 6 nitrogen and oxygen atoms in total. The van der Waals surface area contributed by atoms with E-state index in [4.69, 9.17) is 17.0 Å². The number of aromatic nitrogens is 1. The van der Waals surface area contributed by atoms with Crippen molar-refractivity contribution in [3.8, 4) is 34.0 Å². The van der Waals surface area contributed by atoms with Crippen molar-refractivity contribution < 1.29 is 14.3 Å². The molecular formula is C34H24BrN3O3S. The fourth-order valence-corrected chi connectivity index (χ4v) is 5.60. The number of thiocarbonyl (C=S) groups is 1. The lowest BCUT2D eigenvalue weighted by molar-refractivity contribution is -0.122. The summed E-state index contributed by atoms with van der Waals surface area (Å²) in [5.74, 6) is -0.640. The Morgan fingerprint density at radius 2 is 1.43 bits per heavy atom. The second-order valence-electron chi connectivity index (χ2n) is 9.51. The smallest absolute Gasteiger partial charge is 0.270 e. The molecule has 8 heteroatoms. The molecule has 1 fully saturated rings. The lowest BCUT2D eigenvalue weighted by Crippen LogP contribution is -2.54. The van der Waals surface area contributed by atoms with Crippen molar-refractivity contribution in [2.45, 2.75) is 0 Å². The van der Waals surface area contributed by atoms with Crippen LogP contribution in [0, 0.1) is 0 Å². The van der Waals surface area contributed by atoms with Crippen molar-refractivity contribution in [1.29, 1.82) is 0 Å². The molecule has 5 aromatic rings. The van der Waals surface area contributed by atoms with E-state index >= 15 is 0 Å². The number of carbonyl (C=O) groups excluding carboxylic acids is 2. The minimum absolute atomic E-state index is 0.00709. The summed E-state index contributed by atoms with van der Waals surface area (Å²) < 4.78 is 8.59. The Hall–Kier alpha value is -4.79. The minimum atomic E-state index is -0.562. The van der Waals surface area contributed by atoms with Gasteiger partial charge in [0.05, 0.1) is 24.2 Å². The van der Waals surface area contributed by atoms with E-state index in [0.717, 1.165) is 32.7 Å². The minimum Gasteiger partial charge on any atom is -0.495 e. The van der Waals surface area contributed by atoms with Gasteiger partial charge in [0.25, 0.3) is 11.8 Å². The predicted molar refractivity (Wildman–Crippen MR) is 174 cm³/mol. The zero-order valence-corrected chi connectivity index (χ0v) is 24.9. The second-order valence-corrected chi connectivity index (χ2v) is 10.8. The van der Waals surface area contributed by atoms with E-state index in [1.165, 1.54) is 12.0 Å². The van der Waals surface area contributed by atoms with Crippen LogP contribution in [0.25, 0.3) is 34.3 Å². The first-order valence-corrected chi connectivity index (χ1v) is 14.3. The Bertz CT molecular complexity index is 1850.